The zero-order valence-corrected chi connectivity index (χ0v) is 10.3. The van der Waals surface area contributed by atoms with Gasteiger partial charge < -0.3 is 5.32 Å². The molecule has 0 spiro atoms. The third kappa shape index (κ3) is 5.81. The summed E-state index contributed by atoms with van der Waals surface area (Å²) in [5.41, 5.74) is 2.66. The van der Waals surface area contributed by atoms with Crippen molar-refractivity contribution in [3.05, 3.63) is 35.4 Å². The van der Waals surface area contributed by atoms with Crippen LogP contribution in [0.4, 0.5) is 0 Å². The minimum absolute atomic E-state index is 0.297. The molecule has 0 aliphatic carbocycles. The highest BCUT2D eigenvalue weighted by Gasteiger charge is 1.96. The quantitative estimate of drug-likeness (QED) is 0.577. The molecule has 1 nitrogen and oxygen atoms in total. The second-order valence-electron chi connectivity index (χ2n) is 4.09. The van der Waals surface area contributed by atoms with Gasteiger partial charge in [0.2, 0.25) is 0 Å². The van der Waals surface area contributed by atoms with E-state index in [1.165, 1.54) is 11.1 Å². The smallest absolute Gasteiger partial charge is 0.0308 e. The molecule has 1 unspecified atom stereocenters. The van der Waals surface area contributed by atoms with Crippen LogP contribution in [-0.4, -0.2) is 11.9 Å². The van der Waals surface area contributed by atoms with Gasteiger partial charge in [0.05, 0.1) is 0 Å². The van der Waals surface area contributed by atoms with Gasteiger partial charge in [0.25, 0.3) is 0 Å². The number of hydrogen-bond donors (Lipinski definition) is 1. The summed E-state index contributed by atoms with van der Waals surface area (Å²) in [4.78, 5) is 0. The molecule has 2 heteroatoms. The summed E-state index contributed by atoms with van der Waals surface area (Å²) < 4.78 is 0. The van der Waals surface area contributed by atoms with Crippen molar-refractivity contribution in [1.29, 1.82) is 0 Å². The maximum Gasteiger partial charge on any atom is 0.0308 e. The molecule has 0 bridgehead atoms. The third-order valence-electron chi connectivity index (χ3n) is 2.41. The predicted octanol–water partition coefficient (Wildman–Crippen LogP) is 3.49. The highest BCUT2D eigenvalue weighted by Crippen LogP contribution is 2.04. The number of rotatable bonds is 6. The van der Waals surface area contributed by atoms with Crippen LogP contribution >= 0.6 is 11.6 Å². The van der Waals surface area contributed by atoms with Crippen LogP contribution in [0.25, 0.3) is 0 Å². The fourth-order valence-electron chi connectivity index (χ4n) is 1.45. The molecule has 1 atom stereocenters. The molecule has 1 aromatic rings. The Balaban J connectivity index is 2.12. The van der Waals surface area contributed by atoms with E-state index in [0.717, 1.165) is 25.9 Å². The van der Waals surface area contributed by atoms with Gasteiger partial charge in [0.15, 0.2) is 0 Å². The largest absolute Gasteiger partial charge is 0.313 e. The number of hydrogen-bond acceptors (Lipinski definition) is 1. The van der Waals surface area contributed by atoms with Gasteiger partial charge in [-0.3, -0.25) is 0 Å². The van der Waals surface area contributed by atoms with E-state index in [2.05, 4.69) is 36.5 Å². The van der Waals surface area contributed by atoms with E-state index in [4.69, 9.17) is 11.6 Å². The van der Waals surface area contributed by atoms with E-state index in [1.54, 1.807) is 0 Å². The molecule has 0 aliphatic heterocycles. The molecule has 0 saturated carbocycles. The third-order valence-corrected chi connectivity index (χ3v) is 2.62. The molecule has 1 aromatic carbocycles. The fourth-order valence-corrected chi connectivity index (χ4v) is 1.60. The predicted molar refractivity (Wildman–Crippen MR) is 67.4 cm³/mol. The first-order valence-corrected chi connectivity index (χ1v) is 6.02. The highest BCUT2D eigenvalue weighted by molar-refractivity contribution is 6.20. The van der Waals surface area contributed by atoms with Gasteiger partial charge in [-0.15, -0.1) is 11.6 Å². The lowest BCUT2D eigenvalue weighted by Crippen LogP contribution is -2.15. The van der Waals surface area contributed by atoms with Crippen molar-refractivity contribution in [2.45, 2.75) is 38.6 Å². The van der Waals surface area contributed by atoms with Crippen LogP contribution in [0, 0.1) is 6.92 Å². The van der Waals surface area contributed by atoms with E-state index in [1.807, 2.05) is 6.92 Å². The molecule has 15 heavy (non-hydrogen) atoms. The summed E-state index contributed by atoms with van der Waals surface area (Å²) in [6, 6.07) is 8.65. The summed E-state index contributed by atoms with van der Waals surface area (Å²) in [6.07, 6.45) is 2.24. The summed E-state index contributed by atoms with van der Waals surface area (Å²) in [7, 11) is 0. The maximum atomic E-state index is 5.86. The Morgan fingerprint density at radius 1 is 1.27 bits per heavy atom. The van der Waals surface area contributed by atoms with Gasteiger partial charge in [-0.25, -0.2) is 0 Å². The molecule has 0 saturated heterocycles. The summed E-state index contributed by atoms with van der Waals surface area (Å²) >= 11 is 5.86. The maximum absolute atomic E-state index is 5.86. The second-order valence-corrected chi connectivity index (χ2v) is 4.83. The normalized spacial score (nSPS) is 12.7. The molecule has 0 fully saturated rings. The molecule has 0 aromatic heterocycles. The zero-order valence-electron chi connectivity index (χ0n) is 9.59. The minimum atomic E-state index is 0.297. The van der Waals surface area contributed by atoms with Crippen molar-refractivity contribution in [2.75, 3.05) is 6.54 Å². The van der Waals surface area contributed by atoms with Gasteiger partial charge in [-0.05, 0) is 38.8 Å². The van der Waals surface area contributed by atoms with Crippen LogP contribution in [-0.2, 0) is 6.54 Å². The van der Waals surface area contributed by atoms with Crippen molar-refractivity contribution < 1.29 is 0 Å². The Morgan fingerprint density at radius 3 is 2.53 bits per heavy atom. The number of halogens is 1. The average molecular weight is 226 g/mol. The molecule has 1 N–H and O–H groups in total. The van der Waals surface area contributed by atoms with Crippen molar-refractivity contribution in [3.8, 4) is 0 Å². The molecule has 0 radical (unpaired) electrons. The molecular formula is C13H20ClN. The van der Waals surface area contributed by atoms with Gasteiger partial charge in [-0.2, -0.15) is 0 Å². The monoisotopic (exact) mass is 225 g/mol. The van der Waals surface area contributed by atoms with E-state index >= 15 is 0 Å². The highest BCUT2D eigenvalue weighted by atomic mass is 35.5. The molecule has 0 aliphatic rings. The number of benzene rings is 1. The topological polar surface area (TPSA) is 12.0 Å². The summed E-state index contributed by atoms with van der Waals surface area (Å²) in [6.45, 7) is 6.16. The number of aryl methyl sites for hydroxylation is 1. The lowest BCUT2D eigenvalue weighted by molar-refractivity contribution is 0.619. The van der Waals surface area contributed by atoms with E-state index < -0.39 is 0 Å². The van der Waals surface area contributed by atoms with Gasteiger partial charge in [0.1, 0.15) is 0 Å². The van der Waals surface area contributed by atoms with Crippen molar-refractivity contribution in [1.82, 2.24) is 5.32 Å². The first kappa shape index (κ1) is 12.5. The lowest BCUT2D eigenvalue weighted by Gasteiger charge is -2.06. The van der Waals surface area contributed by atoms with Gasteiger partial charge in [0, 0.05) is 11.9 Å². The Hall–Kier alpha value is -0.530. The number of alkyl halides is 1. The first-order chi connectivity index (χ1) is 7.18. The summed E-state index contributed by atoms with van der Waals surface area (Å²) in [5.74, 6) is 0. The van der Waals surface area contributed by atoms with Crippen LogP contribution in [0.5, 0.6) is 0 Å². The van der Waals surface area contributed by atoms with Crippen LogP contribution < -0.4 is 5.32 Å². The van der Waals surface area contributed by atoms with Gasteiger partial charge >= 0.3 is 0 Å². The minimum Gasteiger partial charge on any atom is -0.313 e. The molecule has 0 amide bonds. The van der Waals surface area contributed by atoms with Crippen LogP contribution in [0.1, 0.15) is 30.9 Å². The van der Waals surface area contributed by atoms with Crippen LogP contribution in [0.2, 0.25) is 0 Å². The Kier molecular flexibility index (Phi) is 5.74. The molecule has 84 valence electrons. The standard InChI is InChI=1S/C13H20ClN/c1-11-5-7-13(8-6-11)10-15-9-3-4-12(2)14/h5-8,12,15H,3-4,9-10H2,1-2H3. The Labute approximate surface area is 97.8 Å². The molecule has 0 heterocycles. The zero-order chi connectivity index (χ0) is 11.1. The van der Waals surface area contributed by atoms with E-state index in [9.17, 15) is 0 Å². The van der Waals surface area contributed by atoms with Crippen molar-refractivity contribution >= 4 is 11.6 Å². The lowest BCUT2D eigenvalue weighted by atomic mass is 10.1. The second kappa shape index (κ2) is 6.86. The van der Waals surface area contributed by atoms with E-state index in [0.29, 0.717) is 5.38 Å². The van der Waals surface area contributed by atoms with Crippen molar-refractivity contribution in [2.24, 2.45) is 0 Å². The first-order valence-electron chi connectivity index (χ1n) is 5.59. The van der Waals surface area contributed by atoms with Crippen LogP contribution in [0.15, 0.2) is 24.3 Å². The summed E-state index contributed by atoms with van der Waals surface area (Å²) in [5, 5.41) is 3.72. The van der Waals surface area contributed by atoms with Crippen LogP contribution in [0.3, 0.4) is 0 Å². The van der Waals surface area contributed by atoms with Gasteiger partial charge in [-0.1, -0.05) is 29.8 Å². The molecular weight excluding hydrogens is 206 g/mol. The van der Waals surface area contributed by atoms with Crippen molar-refractivity contribution in [3.63, 3.8) is 0 Å². The SMILES string of the molecule is Cc1ccc(CNCCCC(C)Cl)cc1. The molecule has 1 rings (SSSR count). The number of nitrogens with one attached hydrogen (secondary N) is 1. The Bertz CT molecular complexity index is 266. The fraction of sp³-hybridized carbons (Fsp3) is 0.538. The van der Waals surface area contributed by atoms with E-state index in [-0.39, 0.29) is 0 Å². The Morgan fingerprint density at radius 2 is 1.93 bits per heavy atom. The average Bonchev–Trinajstić information content (AvgIpc) is 2.20.